The van der Waals surface area contributed by atoms with Gasteiger partial charge in [0.2, 0.25) is 0 Å². The van der Waals surface area contributed by atoms with Crippen molar-refractivity contribution < 1.29 is 30.0 Å². The van der Waals surface area contributed by atoms with E-state index in [2.05, 4.69) is 0 Å². The van der Waals surface area contributed by atoms with Gasteiger partial charge in [-0.3, -0.25) is 0 Å². The van der Waals surface area contributed by atoms with Crippen molar-refractivity contribution in [3.8, 4) is 0 Å². The minimum absolute atomic E-state index is 0. The Morgan fingerprint density at radius 3 is 1.00 bits per heavy atom. The SMILES string of the molecule is CC(O)C(=O)[O-].CC(O)C(=O)[O-].[Ca+2].[Ca+2]. The molecular formula is C6H10Ca2O6+2. The third-order valence-electron chi connectivity index (χ3n) is 0.682. The summed E-state index contributed by atoms with van der Waals surface area (Å²) >= 11 is 0. The van der Waals surface area contributed by atoms with Crippen LogP contribution < -0.4 is 10.2 Å². The second-order valence-electron chi connectivity index (χ2n) is 1.99. The maximum atomic E-state index is 9.34. The Labute approximate surface area is 141 Å². The number of aliphatic carboxylic acids is 2. The molecule has 2 atom stereocenters. The van der Waals surface area contributed by atoms with Crippen molar-refractivity contribution >= 4 is 87.4 Å². The monoisotopic (exact) mass is 258 g/mol. The molecule has 0 bridgehead atoms. The van der Waals surface area contributed by atoms with E-state index in [-0.39, 0.29) is 75.5 Å². The van der Waals surface area contributed by atoms with Crippen LogP contribution in [0.5, 0.6) is 0 Å². The number of carbonyl (C=O) groups excluding carboxylic acids is 2. The van der Waals surface area contributed by atoms with Gasteiger partial charge in [0, 0.05) is 0 Å². The van der Waals surface area contributed by atoms with E-state index in [1.54, 1.807) is 0 Å². The van der Waals surface area contributed by atoms with Crippen molar-refractivity contribution in [2.24, 2.45) is 0 Å². The molecule has 8 heteroatoms. The third-order valence-corrected chi connectivity index (χ3v) is 0.682. The molecule has 2 unspecified atom stereocenters. The molecule has 0 aromatic heterocycles. The normalized spacial score (nSPS) is 11.7. The molecule has 0 heterocycles. The Morgan fingerprint density at radius 1 is 0.929 bits per heavy atom. The topological polar surface area (TPSA) is 121 Å². The first-order valence-corrected chi connectivity index (χ1v) is 3.06. The number of carboxylic acid groups (broad SMARTS) is 2. The maximum Gasteiger partial charge on any atom is 2.00 e. The molecule has 0 aliphatic carbocycles. The van der Waals surface area contributed by atoms with E-state index >= 15 is 0 Å². The van der Waals surface area contributed by atoms with E-state index in [1.165, 1.54) is 0 Å². The predicted octanol–water partition coefficient (Wildman–Crippen LogP) is -4.53. The molecular weight excluding hydrogens is 248 g/mol. The van der Waals surface area contributed by atoms with Gasteiger partial charge in [-0.1, -0.05) is 0 Å². The van der Waals surface area contributed by atoms with Gasteiger partial charge in [-0.25, -0.2) is 0 Å². The van der Waals surface area contributed by atoms with Crippen molar-refractivity contribution in [2.75, 3.05) is 0 Å². The first-order valence-electron chi connectivity index (χ1n) is 3.06. The van der Waals surface area contributed by atoms with Gasteiger partial charge in [-0.15, -0.1) is 0 Å². The van der Waals surface area contributed by atoms with Gasteiger partial charge in [0.05, 0.1) is 24.1 Å². The Balaban J connectivity index is -0.0000000625. The van der Waals surface area contributed by atoms with E-state index in [0.717, 1.165) is 13.8 Å². The van der Waals surface area contributed by atoms with E-state index in [0.29, 0.717) is 0 Å². The first kappa shape index (κ1) is 24.6. The van der Waals surface area contributed by atoms with Gasteiger partial charge >= 0.3 is 75.5 Å². The summed E-state index contributed by atoms with van der Waals surface area (Å²) < 4.78 is 0. The number of carbonyl (C=O) groups is 2. The van der Waals surface area contributed by atoms with Crippen molar-refractivity contribution in [2.45, 2.75) is 26.1 Å². The quantitative estimate of drug-likeness (QED) is 0.481. The number of aliphatic hydroxyl groups is 2. The van der Waals surface area contributed by atoms with Gasteiger partial charge in [-0.2, -0.15) is 0 Å². The molecule has 0 aliphatic heterocycles. The Hall–Kier alpha value is 1.38. The number of rotatable bonds is 2. The molecule has 0 rings (SSSR count). The second kappa shape index (κ2) is 14.4. The van der Waals surface area contributed by atoms with E-state index in [4.69, 9.17) is 10.2 Å². The molecule has 0 aromatic carbocycles. The fourth-order valence-electron chi connectivity index (χ4n) is 0. The Kier molecular flexibility index (Phi) is 25.2. The summed E-state index contributed by atoms with van der Waals surface area (Å²) in [7, 11) is 0. The first-order chi connectivity index (χ1) is 5.29. The fourth-order valence-corrected chi connectivity index (χ4v) is 0. The number of carboxylic acids is 2. The summed E-state index contributed by atoms with van der Waals surface area (Å²) in [6.45, 7) is 2.27. The average Bonchev–Trinajstić information content (AvgIpc) is 1.88. The third kappa shape index (κ3) is 23.3. The van der Waals surface area contributed by atoms with Crippen LogP contribution in [-0.2, 0) is 9.59 Å². The predicted molar refractivity (Wildman–Crippen MR) is 44.9 cm³/mol. The smallest absolute Gasteiger partial charge is 0.547 e. The van der Waals surface area contributed by atoms with Gasteiger partial charge < -0.3 is 30.0 Å². The Bertz CT molecular complexity index is 140. The molecule has 0 saturated heterocycles. The van der Waals surface area contributed by atoms with Crippen molar-refractivity contribution in [3.63, 3.8) is 0 Å². The van der Waals surface area contributed by atoms with Crippen LogP contribution in [0.15, 0.2) is 0 Å². The van der Waals surface area contributed by atoms with E-state index in [1.807, 2.05) is 0 Å². The standard InChI is InChI=1S/2C3H6O3.2Ca/c2*1-2(4)3(5)6;;/h2*2,4H,1H3,(H,5,6);;/q;;2*+2/p-2. The van der Waals surface area contributed by atoms with Crippen LogP contribution in [0.4, 0.5) is 0 Å². The minimum atomic E-state index is -1.44. The fraction of sp³-hybridized carbons (Fsp3) is 0.667. The number of aliphatic hydroxyl groups excluding tert-OH is 2. The van der Waals surface area contributed by atoms with Crippen LogP contribution in [0, 0.1) is 0 Å². The zero-order chi connectivity index (χ0) is 10.3. The van der Waals surface area contributed by atoms with E-state index < -0.39 is 24.1 Å². The van der Waals surface area contributed by atoms with Crippen LogP contribution in [-0.4, -0.2) is 110 Å². The van der Waals surface area contributed by atoms with Gasteiger partial charge in [-0.05, 0) is 13.8 Å². The van der Waals surface area contributed by atoms with Crippen molar-refractivity contribution in [3.05, 3.63) is 0 Å². The molecule has 0 aliphatic rings. The summed E-state index contributed by atoms with van der Waals surface area (Å²) in [5.74, 6) is -2.87. The zero-order valence-corrected chi connectivity index (χ0v) is 12.5. The molecule has 6 nitrogen and oxygen atoms in total. The number of hydrogen-bond acceptors (Lipinski definition) is 6. The number of hydrogen-bond donors (Lipinski definition) is 2. The van der Waals surface area contributed by atoms with Crippen LogP contribution in [0.3, 0.4) is 0 Å². The molecule has 0 radical (unpaired) electrons. The summed E-state index contributed by atoms with van der Waals surface area (Å²) in [5.41, 5.74) is 0. The molecule has 0 spiro atoms. The molecule has 72 valence electrons. The molecule has 0 saturated carbocycles. The Morgan fingerprint density at radius 2 is 1.00 bits per heavy atom. The molecule has 14 heavy (non-hydrogen) atoms. The minimum Gasteiger partial charge on any atom is -0.547 e. The van der Waals surface area contributed by atoms with Crippen LogP contribution >= 0.6 is 0 Å². The van der Waals surface area contributed by atoms with Crippen molar-refractivity contribution in [1.29, 1.82) is 0 Å². The maximum absolute atomic E-state index is 9.34. The van der Waals surface area contributed by atoms with Crippen LogP contribution in [0.1, 0.15) is 13.8 Å². The van der Waals surface area contributed by atoms with Gasteiger partial charge in [0.1, 0.15) is 0 Å². The van der Waals surface area contributed by atoms with E-state index in [9.17, 15) is 19.8 Å². The summed E-state index contributed by atoms with van der Waals surface area (Å²) in [6, 6.07) is 0. The van der Waals surface area contributed by atoms with Crippen LogP contribution in [0.2, 0.25) is 0 Å². The van der Waals surface area contributed by atoms with Gasteiger partial charge in [0.15, 0.2) is 0 Å². The van der Waals surface area contributed by atoms with Crippen molar-refractivity contribution in [1.82, 2.24) is 0 Å². The molecule has 0 amide bonds. The summed E-state index contributed by atoms with van der Waals surface area (Å²) in [5, 5.41) is 34.6. The second-order valence-corrected chi connectivity index (χ2v) is 1.99. The largest absolute Gasteiger partial charge is 2.00 e. The van der Waals surface area contributed by atoms with Crippen LogP contribution in [0.25, 0.3) is 0 Å². The van der Waals surface area contributed by atoms with Gasteiger partial charge in [0.25, 0.3) is 0 Å². The molecule has 0 fully saturated rings. The summed E-state index contributed by atoms with van der Waals surface area (Å²) in [4.78, 5) is 18.7. The molecule has 2 N–H and O–H groups in total. The molecule has 0 aromatic rings. The average molecular weight is 258 g/mol. The zero-order valence-electron chi connectivity index (χ0n) is 8.10. The summed E-state index contributed by atoms with van der Waals surface area (Å²) in [6.07, 6.45) is -2.69.